The van der Waals surface area contributed by atoms with E-state index in [2.05, 4.69) is 9.71 Å². The molecule has 31 heavy (non-hydrogen) atoms. The van der Waals surface area contributed by atoms with Crippen molar-refractivity contribution in [2.24, 2.45) is 4.40 Å². The summed E-state index contributed by atoms with van der Waals surface area (Å²) < 4.78 is 48.4. The summed E-state index contributed by atoms with van der Waals surface area (Å²) in [4.78, 5) is 14.8. The largest absolute Gasteiger partial charge is 0.494 e. The Hall–Kier alpha value is -2.94. The maximum atomic E-state index is 14.0. The molecule has 2 aliphatic rings. The Bertz CT molecular complexity index is 1160. The number of hydrogen-bond donors (Lipinski definition) is 1. The summed E-state index contributed by atoms with van der Waals surface area (Å²) in [6, 6.07) is 8.62. The minimum Gasteiger partial charge on any atom is -0.494 e. The Kier molecular flexibility index (Phi) is 5.70. The number of ether oxygens (including phenoxy) is 1. The first-order valence-electron chi connectivity index (χ1n) is 10.2. The normalized spacial score (nSPS) is 18.2. The zero-order valence-electron chi connectivity index (χ0n) is 17.4. The molecule has 2 heterocycles. The summed E-state index contributed by atoms with van der Waals surface area (Å²) >= 11 is 0. The van der Waals surface area contributed by atoms with E-state index >= 15 is 0 Å². The standard InChI is InChI=1S/C22H24FN3O4S/c1-14(15-8-10-19(30-2)17(23)12-15)24-22(27)16-7-9-18-20(13-16)31(28,29)25-21-6-4-3-5-11-26(18)21/h7-10,12-14H,3-6,11H2,1-2H3,(H,24,27)/t14-/m1/s1. The molecular formula is C22H24FN3O4S. The molecule has 1 amide bonds. The van der Waals surface area contributed by atoms with Crippen LogP contribution in [-0.4, -0.2) is 33.8 Å². The average Bonchev–Trinajstić information content (AvgIpc) is 2.98. The highest BCUT2D eigenvalue weighted by atomic mass is 32.2. The van der Waals surface area contributed by atoms with Crippen molar-refractivity contribution >= 4 is 27.5 Å². The molecule has 0 aromatic heterocycles. The number of carbonyl (C=O) groups excluding carboxylic acids is 1. The van der Waals surface area contributed by atoms with Crippen molar-refractivity contribution in [3.8, 4) is 5.75 Å². The molecule has 1 N–H and O–H groups in total. The lowest BCUT2D eigenvalue weighted by molar-refractivity contribution is 0.0939. The fourth-order valence-electron chi connectivity index (χ4n) is 3.94. The van der Waals surface area contributed by atoms with E-state index in [9.17, 15) is 17.6 Å². The van der Waals surface area contributed by atoms with Crippen LogP contribution in [0, 0.1) is 5.82 Å². The predicted molar refractivity (Wildman–Crippen MR) is 116 cm³/mol. The second-order valence-electron chi connectivity index (χ2n) is 7.72. The number of methoxy groups -OCH3 is 1. The van der Waals surface area contributed by atoms with Crippen LogP contribution in [0.3, 0.4) is 0 Å². The van der Waals surface area contributed by atoms with Crippen LogP contribution in [0.15, 0.2) is 45.7 Å². The van der Waals surface area contributed by atoms with E-state index in [0.29, 0.717) is 30.1 Å². The van der Waals surface area contributed by atoms with Gasteiger partial charge in [-0.1, -0.05) is 12.5 Å². The molecule has 1 fully saturated rings. The number of fused-ring (bicyclic) bond motifs is 3. The highest BCUT2D eigenvalue weighted by molar-refractivity contribution is 7.90. The first-order valence-corrected chi connectivity index (χ1v) is 11.6. The van der Waals surface area contributed by atoms with Gasteiger partial charge in [-0.05, 0) is 55.7 Å². The number of benzene rings is 2. The van der Waals surface area contributed by atoms with E-state index in [1.54, 1.807) is 25.1 Å². The van der Waals surface area contributed by atoms with Gasteiger partial charge >= 0.3 is 0 Å². The number of sulfonamides is 1. The third-order valence-electron chi connectivity index (χ3n) is 5.63. The smallest absolute Gasteiger partial charge is 0.286 e. The molecule has 1 atom stereocenters. The number of nitrogens with zero attached hydrogens (tertiary/aromatic N) is 2. The van der Waals surface area contributed by atoms with Crippen LogP contribution >= 0.6 is 0 Å². The van der Waals surface area contributed by atoms with Crippen LogP contribution in [0.5, 0.6) is 5.75 Å². The van der Waals surface area contributed by atoms with Crippen LogP contribution in [0.1, 0.15) is 54.6 Å². The Morgan fingerprint density at radius 1 is 1.19 bits per heavy atom. The number of amides is 1. The Balaban J connectivity index is 1.59. The van der Waals surface area contributed by atoms with Crippen LogP contribution in [-0.2, 0) is 10.0 Å². The van der Waals surface area contributed by atoms with Gasteiger partial charge in [0.05, 0.1) is 18.8 Å². The number of anilines is 1. The zero-order valence-corrected chi connectivity index (χ0v) is 18.2. The fourth-order valence-corrected chi connectivity index (χ4v) is 5.22. The molecule has 0 radical (unpaired) electrons. The van der Waals surface area contributed by atoms with Crippen molar-refractivity contribution in [2.45, 2.75) is 43.5 Å². The monoisotopic (exact) mass is 445 g/mol. The van der Waals surface area contributed by atoms with Crippen molar-refractivity contribution in [2.75, 3.05) is 18.6 Å². The van der Waals surface area contributed by atoms with Gasteiger partial charge < -0.3 is 15.0 Å². The summed E-state index contributed by atoms with van der Waals surface area (Å²) in [5.41, 5.74) is 1.33. The molecule has 7 nitrogen and oxygen atoms in total. The number of halogens is 1. The second kappa shape index (κ2) is 8.30. The van der Waals surface area contributed by atoms with Crippen molar-refractivity contribution in [3.05, 3.63) is 53.3 Å². The molecule has 0 bridgehead atoms. The highest BCUT2D eigenvalue weighted by Gasteiger charge is 2.32. The third kappa shape index (κ3) is 4.14. The highest BCUT2D eigenvalue weighted by Crippen LogP contribution is 2.35. The first kappa shape index (κ1) is 21.3. The minimum absolute atomic E-state index is 0.0361. The molecule has 2 aromatic carbocycles. The predicted octanol–water partition coefficient (Wildman–Crippen LogP) is 3.81. The molecule has 164 valence electrons. The summed E-state index contributed by atoms with van der Waals surface area (Å²) in [7, 11) is -2.49. The Morgan fingerprint density at radius 3 is 2.74 bits per heavy atom. The summed E-state index contributed by atoms with van der Waals surface area (Å²) in [6.07, 6.45) is 3.51. The van der Waals surface area contributed by atoms with Gasteiger partial charge in [-0.15, -0.1) is 4.40 Å². The lowest BCUT2D eigenvalue weighted by Crippen LogP contribution is -2.35. The van der Waals surface area contributed by atoms with Gasteiger partial charge in [0.15, 0.2) is 11.6 Å². The topological polar surface area (TPSA) is 88.1 Å². The van der Waals surface area contributed by atoms with Gasteiger partial charge in [0.2, 0.25) is 0 Å². The molecule has 0 spiro atoms. The number of rotatable bonds is 4. The van der Waals surface area contributed by atoms with Crippen molar-refractivity contribution in [3.63, 3.8) is 0 Å². The van der Waals surface area contributed by atoms with Crippen molar-refractivity contribution in [1.29, 1.82) is 0 Å². The number of hydrogen-bond acceptors (Lipinski definition) is 5. The van der Waals surface area contributed by atoms with E-state index in [0.717, 1.165) is 19.3 Å². The maximum Gasteiger partial charge on any atom is 0.286 e. The van der Waals surface area contributed by atoms with E-state index < -0.39 is 27.8 Å². The number of nitrogens with one attached hydrogen (secondary N) is 1. The van der Waals surface area contributed by atoms with Crippen LogP contribution in [0.25, 0.3) is 0 Å². The maximum absolute atomic E-state index is 14.0. The molecule has 0 aliphatic carbocycles. The minimum atomic E-state index is -3.88. The third-order valence-corrected chi connectivity index (χ3v) is 6.97. The average molecular weight is 446 g/mol. The van der Waals surface area contributed by atoms with Gasteiger partial charge in [-0.25, -0.2) is 4.39 Å². The quantitative estimate of drug-likeness (QED) is 0.773. The molecule has 1 saturated heterocycles. The van der Waals surface area contributed by atoms with Crippen LogP contribution in [0.2, 0.25) is 0 Å². The molecule has 2 aliphatic heterocycles. The van der Waals surface area contributed by atoms with Crippen molar-refractivity contribution in [1.82, 2.24) is 5.32 Å². The molecule has 9 heteroatoms. The number of amidine groups is 1. The van der Waals surface area contributed by atoms with Crippen LogP contribution in [0.4, 0.5) is 10.1 Å². The zero-order chi connectivity index (χ0) is 22.2. The van der Waals surface area contributed by atoms with Gasteiger partial charge in [-0.3, -0.25) is 4.79 Å². The van der Waals surface area contributed by atoms with Gasteiger partial charge in [0.1, 0.15) is 10.7 Å². The Labute approximate surface area is 181 Å². The van der Waals surface area contributed by atoms with Gasteiger partial charge in [0, 0.05) is 18.5 Å². The molecule has 2 aromatic rings. The lowest BCUT2D eigenvalue weighted by atomic mass is 10.1. The summed E-state index contributed by atoms with van der Waals surface area (Å²) in [6.45, 7) is 2.43. The summed E-state index contributed by atoms with van der Waals surface area (Å²) in [5.74, 6) is -0.285. The van der Waals surface area contributed by atoms with Crippen molar-refractivity contribution < 1.29 is 22.3 Å². The molecule has 0 saturated carbocycles. The second-order valence-corrected chi connectivity index (χ2v) is 9.29. The van der Waals surface area contributed by atoms with Gasteiger partial charge in [0.25, 0.3) is 15.9 Å². The van der Waals surface area contributed by atoms with E-state index in [1.807, 2.05) is 4.90 Å². The van der Waals surface area contributed by atoms with E-state index in [4.69, 9.17) is 4.74 Å². The molecule has 0 unspecified atom stereocenters. The summed E-state index contributed by atoms with van der Waals surface area (Å²) in [5, 5.41) is 2.79. The molecule has 4 rings (SSSR count). The first-order chi connectivity index (χ1) is 14.8. The van der Waals surface area contributed by atoms with Gasteiger partial charge in [-0.2, -0.15) is 8.42 Å². The lowest BCUT2D eigenvalue weighted by Gasteiger charge is -2.29. The van der Waals surface area contributed by atoms with E-state index in [1.165, 1.54) is 25.3 Å². The fraction of sp³-hybridized carbons (Fsp3) is 0.364. The SMILES string of the molecule is COc1ccc([C@@H](C)NC(=O)c2ccc3c(c2)S(=O)(=O)N=C2CCCCCN23)cc1F. The Morgan fingerprint density at radius 2 is 2.00 bits per heavy atom. The van der Waals surface area contributed by atoms with Crippen LogP contribution < -0.4 is 15.0 Å². The van der Waals surface area contributed by atoms with E-state index in [-0.39, 0.29) is 16.2 Å². The molecular weight excluding hydrogens is 421 g/mol. The number of carbonyl (C=O) groups is 1.